The van der Waals surface area contributed by atoms with Gasteiger partial charge in [0.05, 0.1) is 43.3 Å². The third kappa shape index (κ3) is 9.69. The summed E-state index contributed by atoms with van der Waals surface area (Å²) in [5.41, 5.74) is 13.9. The van der Waals surface area contributed by atoms with Crippen molar-refractivity contribution in [3.05, 3.63) is 177 Å². The molecule has 3 aromatic heterocycles. The molecule has 0 spiro atoms. The largest absolute Gasteiger partial charge is 0.469 e. The first kappa shape index (κ1) is 46.2. The normalized spacial score (nSPS) is 12.0. The van der Waals surface area contributed by atoms with E-state index in [0.29, 0.717) is 0 Å². The van der Waals surface area contributed by atoms with Gasteiger partial charge in [0, 0.05) is 45.0 Å². The molecule has 5 aromatic carbocycles. The second-order valence-electron chi connectivity index (χ2n) is 20.2. The molecule has 3 heterocycles. The van der Waals surface area contributed by atoms with Crippen molar-refractivity contribution in [2.45, 2.75) is 80.9 Å². The molecule has 0 bridgehead atoms. The smallest absolute Gasteiger partial charge is 0.134 e. The number of halogens is 1. The van der Waals surface area contributed by atoms with Gasteiger partial charge in [-0.3, -0.25) is 0 Å². The molecule has 0 saturated carbocycles. The van der Waals surface area contributed by atoms with E-state index >= 15 is 0 Å². The summed E-state index contributed by atoms with van der Waals surface area (Å²) >= 11 is 0. The van der Waals surface area contributed by atoms with Crippen molar-refractivity contribution in [3.63, 3.8) is 0 Å². The number of rotatable bonds is 6. The first-order valence-corrected chi connectivity index (χ1v) is 24.8. The van der Waals surface area contributed by atoms with Crippen LogP contribution in [0.4, 0.5) is 4.39 Å². The summed E-state index contributed by atoms with van der Waals surface area (Å²) in [4.78, 5) is 0. The third-order valence-corrected chi connectivity index (χ3v) is 13.5. The molecule has 323 valence electrons. The predicted molar refractivity (Wildman–Crippen MR) is 259 cm³/mol. The maximum atomic E-state index is 13.8. The van der Waals surface area contributed by atoms with Gasteiger partial charge in [-0.2, -0.15) is 37.1 Å². The molecule has 1 radical (unpaired) electrons. The Morgan fingerprint density at radius 2 is 1.23 bits per heavy atom. The van der Waals surface area contributed by atoms with Crippen molar-refractivity contribution in [1.82, 2.24) is 0 Å². The van der Waals surface area contributed by atoms with E-state index < -0.39 is 8.07 Å². The Labute approximate surface area is 384 Å². The van der Waals surface area contributed by atoms with Crippen molar-refractivity contribution in [1.29, 1.82) is 0 Å². The van der Waals surface area contributed by atoms with Gasteiger partial charge in [0.2, 0.25) is 0 Å². The minimum atomic E-state index is -1.51. The Kier molecular flexibility index (Phi) is 13.0. The number of pyridine rings is 2. The van der Waals surface area contributed by atoms with Gasteiger partial charge in [-0.05, 0) is 69.3 Å². The summed E-state index contributed by atoms with van der Waals surface area (Å²) in [6.45, 7) is 31.3. The Morgan fingerprint density at radius 1 is 0.629 bits per heavy atom. The van der Waals surface area contributed by atoms with Crippen LogP contribution in [-0.2, 0) is 32.9 Å². The summed E-state index contributed by atoms with van der Waals surface area (Å²) in [6, 6.07) is 34.8. The SMILES string of the molecule is [CH2-]c1ccc(F)cc1-c1cc(CC(C)(C)C)c([Si](C)(C)C)c[n+]1[CH2-].[CH2-]c1ccc2c(oc3cccc(-c4cccc5ccccc45)c32)c1-c1cc(CC(C)(C)C)c(C)c[n+]1[CH2-].[Ir]. The van der Waals surface area contributed by atoms with Gasteiger partial charge in [-0.1, -0.05) is 157 Å². The number of aromatic nitrogens is 2. The van der Waals surface area contributed by atoms with Gasteiger partial charge in [0.15, 0.2) is 0 Å². The summed E-state index contributed by atoms with van der Waals surface area (Å²) in [5.74, 6) is -0.246. The number of nitrogens with zero attached hydrogens (tertiary/aromatic N) is 2. The van der Waals surface area contributed by atoms with E-state index in [-0.39, 0.29) is 36.8 Å². The van der Waals surface area contributed by atoms with E-state index in [1.807, 2.05) is 9.13 Å². The van der Waals surface area contributed by atoms with Crippen LogP contribution in [0.25, 0.3) is 66.4 Å². The van der Waals surface area contributed by atoms with Crippen LogP contribution < -0.4 is 14.3 Å². The Morgan fingerprint density at radius 3 is 1.92 bits per heavy atom. The number of aryl methyl sites for hydroxylation is 1. The maximum absolute atomic E-state index is 13.8. The average Bonchev–Trinajstić information content (AvgIpc) is 3.55. The van der Waals surface area contributed by atoms with Crippen LogP contribution in [0, 0.1) is 51.5 Å². The molecule has 8 aromatic rings. The molecule has 0 saturated heterocycles. The standard InChI is InChI=1S/C35H32NO.C21H29FNSi.Ir/c1-22-17-18-29-33-28(27-14-9-12-24-11-7-8-13-26(24)27)15-10-16-31(33)37-34(29)32(22)30-19-25(20-35(3,4)5)23(2)21-36(30)6;1-15-9-10-17(22)12-18(15)19-11-16(13-21(2,3)4)20(14-23(19)5)24(6,7)8;/h7-19,21H,1,6,20H2,2-5H3;9-12,14H,1,5,13H2,2-4,6-8H3;/q2*-1;. The number of fused-ring (bicyclic) bond motifs is 4. The van der Waals surface area contributed by atoms with Gasteiger partial charge >= 0.3 is 0 Å². The average molecular weight is 1020 g/mol. The molecule has 0 unspecified atom stereocenters. The fourth-order valence-corrected chi connectivity index (χ4v) is 10.3. The van der Waals surface area contributed by atoms with E-state index in [2.05, 4.69) is 193 Å². The van der Waals surface area contributed by atoms with Crippen molar-refractivity contribution < 1.29 is 38.0 Å². The molecular weight excluding hydrogens is 956 g/mol. The van der Waals surface area contributed by atoms with E-state index in [4.69, 9.17) is 4.42 Å². The van der Waals surface area contributed by atoms with Crippen molar-refractivity contribution in [2.24, 2.45) is 10.8 Å². The zero-order valence-electron chi connectivity index (χ0n) is 38.2. The van der Waals surface area contributed by atoms with E-state index in [9.17, 15) is 4.39 Å². The molecule has 0 aliphatic heterocycles. The van der Waals surface area contributed by atoms with Gasteiger partial charge in [-0.15, -0.1) is 11.6 Å². The molecule has 0 aliphatic carbocycles. The molecule has 0 aliphatic rings. The van der Waals surface area contributed by atoms with Crippen LogP contribution in [0.15, 0.2) is 120 Å². The van der Waals surface area contributed by atoms with Gasteiger partial charge < -0.3 is 13.6 Å². The van der Waals surface area contributed by atoms with Crippen molar-refractivity contribution in [2.75, 3.05) is 0 Å². The van der Waals surface area contributed by atoms with E-state index in [0.717, 1.165) is 68.4 Å². The van der Waals surface area contributed by atoms with Gasteiger partial charge in [0.1, 0.15) is 5.58 Å². The second kappa shape index (κ2) is 17.5. The van der Waals surface area contributed by atoms with Gasteiger partial charge in [0.25, 0.3) is 0 Å². The molecule has 0 fully saturated rings. The minimum absolute atomic E-state index is 0. The van der Waals surface area contributed by atoms with Crippen molar-refractivity contribution in [3.8, 4) is 33.6 Å². The molecule has 62 heavy (non-hydrogen) atoms. The van der Waals surface area contributed by atoms with Crippen LogP contribution in [-0.4, -0.2) is 8.07 Å². The monoisotopic (exact) mass is 1020 g/mol. The predicted octanol–water partition coefficient (Wildman–Crippen LogP) is 13.8. The molecule has 3 nitrogen and oxygen atoms in total. The maximum Gasteiger partial charge on any atom is 0.134 e. The zero-order chi connectivity index (χ0) is 44.2. The first-order valence-electron chi connectivity index (χ1n) is 21.3. The molecule has 6 heteroatoms. The zero-order valence-corrected chi connectivity index (χ0v) is 41.6. The van der Waals surface area contributed by atoms with Crippen LogP contribution >= 0.6 is 0 Å². The van der Waals surface area contributed by atoms with E-state index in [1.54, 1.807) is 12.1 Å². The van der Waals surface area contributed by atoms with Crippen molar-refractivity contribution >= 4 is 46.0 Å². The van der Waals surface area contributed by atoms with Crippen LogP contribution in [0.2, 0.25) is 19.6 Å². The molecular formula is C56H61FIrN2OSi-2. The Hall–Kier alpha value is -5.26. The first-order chi connectivity index (χ1) is 28.6. The van der Waals surface area contributed by atoms with E-state index in [1.165, 1.54) is 49.8 Å². The number of hydrogen-bond acceptors (Lipinski definition) is 1. The van der Waals surface area contributed by atoms with Crippen LogP contribution in [0.5, 0.6) is 0 Å². The second-order valence-corrected chi connectivity index (χ2v) is 25.3. The summed E-state index contributed by atoms with van der Waals surface area (Å²) in [6.07, 6.45) is 6.24. The number of furan rings is 1. The quantitative estimate of drug-likeness (QED) is 0.0924. The molecule has 0 amide bonds. The molecule has 8 rings (SSSR count). The van der Waals surface area contributed by atoms with Gasteiger partial charge in [-0.25, -0.2) is 4.39 Å². The third-order valence-electron chi connectivity index (χ3n) is 11.4. The topological polar surface area (TPSA) is 20.9 Å². The number of hydrogen-bond donors (Lipinski definition) is 0. The molecule has 0 atom stereocenters. The molecule has 0 N–H and O–H groups in total. The van der Waals surface area contributed by atoms with Crippen LogP contribution in [0.3, 0.4) is 0 Å². The Balaban J connectivity index is 0.000000224. The number of benzene rings is 5. The van der Waals surface area contributed by atoms with Crippen LogP contribution in [0.1, 0.15) is 69.4 Å². The summed E-state index contributed by atoms with van der Waals surface area (Å²) in [7, 11) is 7.00. The fraction of sp³-hybridized carbons (Fsp3) is 0.250. The summed E-state index contributed by atoms with van der Waals surface area (Å²) in [5, 5.41) is 6.11. The fourth-order valence-electron chi connectivity index (χ4n) is 8.67. The Bertz CT molecular complexity index is 2940. The summed E-state index contributed by atoms with van der Waals surface area (Å²) < 4.78 is 24.2. The minimum Gasteiger partial charge on any atom is -0.469 e.